The zero-order valence-corrected chi connectivity index (χ0v) is 22.6. The minimum Gasteiger partial charge on any atom is -0.460 e. The molecule has 0 radical (unpaired) electrons. The molecule has 2 amide bonds. The van der Waals surface area contributed by atoms with Crippen LogP contribution in [-0.2, 0) is 33.3 Å². The molecule has 16 nitrogen and oxygen atoms in total. The van der Waals surface area contributed by atoms with Crippen LogP contribution in [0.15, 0.2) is 10.2 Å². The molecular formula is C22H41N9O7. The smallest absolute Gasteiger partial charge is 0.306 e. The second kappa shape index (κ2) is 23.0. The zero-order valence-electron chi connectivity index (χ0n) is 22.6. The Morgan fingerprint density at radius 1 is 0.789 bits per heavy atom. The third kappa shape index (κ3) is 24.6. The van der Waals surface area contributed by atoms with Crippen LogP contribution in [0.2, 0.25) is 0 Å². The van der Waals surface area contributed by atoms with Gasteiger partial charge in [-0.1, -0.05) is 10.2 Å². The normalized spacial score (nSPS) is 10.8. The average molecular weight is 544 g/mol. The maximum atomic E-state index is 12.1. The Labute approximate surface area is 222 Å². The average Bonchev–Trinajstić information content (AvgIpc) is 2.84. The molecule has 38 heavy (non-hydrogen) atoms. The van der Waals surface area contributed by atoms with E-state index in [2.05, 4.69) is 30.7 Å². The van der Waals surface area contributed by atoms with Crippen molar-refractivity contribution in [2.24, 2.45) is 10.2 Å². The fourth-order valence-corrected chi connectivity index (χ4v) is 2.76. The molecule has 0 unspecified atom stereocenters. The fourth-order valence-electron chi connectivity index (χ4n) is 2.76. The predicted octanol–water partition coefficient (Wildman–Crippen LogP) is 1.31. The number of nitrogens with one attached hydrogen (secondary N) is 2. The Bertz CT molecular complexity index is 742. The molecule has 0 bridgehead atoms. The van der Waals surface area contributed by atoms with Crippen LogP contribution in [0.5, 0.6) is 0 Å². The van der Waals surface area contributed by atoms with Crippen LogP contribution in [0.25, 0.3) is 20.9 Å². The molecule has 0 aliphatic carbocycles. The number of esters is 1. The van der Waals surface area contributed by atoms with Crippen molar-refractivity contribution in [3.63, 3.8) is 0 Å². The number of amides is 2. The third-order valence-electron chi connectivity index (χ3n) is 4.31. The van der Waals surface area contributed by atoms with Gasteiger partial charge in [0, 0.05) is 55.6 Å². The Morgan fingerprint density at radius 3 is 1.74 bits per heavy atom. The maximum Gasteiger partial charge on any atom is 0.306 e. The first-order valence-electron chi connectivity index (χ1n) is 12.4. The number of azide groups is 2. The molecule has 0 heterocycles. The minimum atomic E-state index is -0.487. The highest BCUT2D eigenvalue weighted by molar-refractivity contribution is 5.81. The van der Waals surface area contributed by atoms with Gasteiger partial charge in [0.05, 0.1) is 46.1 Å². The largest absolute Gasteiger partial charge is 0.460 e. The molecule has 16 heteroatoms. The van der Waals surface area contributed by atoms with E-state index in [0.717, 1.165) is 0 Å². The van der Waals surface area contributed by atoms with E-state index in [1.165, 1.54) is 0 Å². The second-order valence-electron chi connectivity index (χ2n) is 8.85. The van der Waals surface area contributed by atoms with Crippen LogP contribution in [-0.4, -0.2) is 114 Å². The van der Waals surface area contributed by atoms with E-state index in [4.69, 9.17) is 30.0 Å². The van der Waals surface area contributed by atoms with Crippen molar-refractivity contribution >= 4 is 17.8 Å². The fraction of sp³-hybridized carbons (Fsp3) is 0.864. The van der Waals surface area contributed by atoms with E-state index in [1.54, 1.807) is 4.90 Å². The van der Waals surface area contributed by atoms with Gasteiger partial charge in [0.15, 0.2) is 0 Å². The van der Waals surface area contributed by atoms with Crippen LogP contribution in [0.4, 0.5) is 0 Å². The van der Waals surface area contributed by atoms with Crippen molar-refractivity contribution in [1.82, 2.24) is 15.5 Å². The van der Waals surface area contributed by atoms with Crippen molar-refractivity contribution in [2.75, 3.05) is 85.5 Å². The van der Waals surface area contributed by atoms with Gasteiger partial charge in [0.1, 0.15) is 5.60 Å². The summed E-state index contributed by atoms with van der Waals surface area (Å²) < 4.78 is 21.6. The van der Waals surface area contributed by atoms with Crippen molar-refractivity contribution in [3.8, 4) is 0 Å². The number of ether oxygens (including phenoxy) is 4. The summed E-state index contributed by atoms with van der Waals surface area (Å²) in [6, 6.07) is 0. The first-order valence-corrected chi connectivity index (χ1v) is 12.4. The number of nitrogens with zero attached hydrogens (tertiary/aromatic N) is 7. The molecule has 0 aromatic heterocycles. The molecule has 0 spiro atoms. The highest BCUT2D eigenvalue weighted by atomic mass is 16.6. The summed E-state index contributed by atoms with van der Waals surface area (Å²) in [5.74, 6) is -0.895. The van der Waals surface area contributed by atoms with Gasteiger partial charge in [-0.3, -0.25) is 19.3 Å². The number of hydrogen-bond acceptors (Lipinski definition) is 10. The van der Waals surface area contributed by atoms with Gasteiger partial charge in [-0.25, -0.2) is 0 Å². The molecule has 216 valence electrons. The molecule has 0 saturated carbocycles. The van der Waals surface area contributed by atoms with Crippen LogP contribution >= 0.6 is 0 Å². The van der Waals surface area contributed by atoms with Crippen LogP contribution in [0.3, 0.4) is 0 Å². The summed E-state index contributed by atoms with van der Waals surface area (Å²) in [6.45, 7) is 8.48. The zero-order chi connectivity index (χ0) is 28.5. The van der Waals surface area contributed by atoms with Crippen molar-refractivity contribution in [1.29, 1.82) is 0 Å². The summed E-state index contributed by atoms with van der Waals surface area (Å²) >= 11 is 0. The van der Waals surface area contributed by atoms with Gasteiger partial charge in [-0.05, 0) is 38.3 Å². The number of rotatable bonds is 23. The van der Waals surface area contributed by atoms with Crippen molar-refractivity contribution in [2.45, 2.75) is 39.2 Å². The molecular weight excluding hydrogens is 502 g/mol. The molecule has 0 aliphatic heterocycles. The first kappa shape index (κ1) is 34.9. The van der Waals surface area contributed by atoms with Crippen molar-refractivity contribution < 1.29 is 33.3 Å². The standard InChI is InChI=1S/C22H41N9O7/c1-22(2,3)38-21(34)5-4-11-35-13-15-37-16-14-36-12-10-31(17-19(32)25-6-8-27-29-23)18-20(33)26-7-9-28-30-24/h4-18H2,1-3H3,(H,25,32)(H,26,33). The Kier molecular flexibility index (Phi) is 21.1. The van der Waals surface area contributed by atoms with Gasteiger partial charge < -0.3 is 29.6 Å². The summed E-state index contributed by atoms with van der Waals surface area (Å²) in [7, 11) is 0. The molecule has 0 fully saturated rings. The highest BCUT2D eigenvalue weighted by Crippen LogP contribution is 2.09. The topological polar surface area (TPSA) is 213 Å². The quantitative estimate of drug-likeness (QED) is 0.0628. The lowest BCUT2D eigenvalue weighted by Gasteiger charge is -2.21. The Morgan fingerprint density at radius 2 is 1.26 bits per heavy atom. The SMILES string of the molecule is CC(C)(C)OC(=O)CCCOCCOCCOCCN(CC(=O)NCCN=[N+]=[N-])CC(=O)NCCN=[N+]=[N-]. The lowest BCUT2D eigenvalue weighted by atomic mass is 10.2. The third-order valence-corrected chi connectivity index (χ3v) is 4.31. The molecule has 0 aromatic rings. The van der Waals surface area contributed by atoms with Gasteiger partial charge in [0.2, 0.25) is 11.8 Å². The molecule has 0 aliphatic rings. The van der Waals surface area contributed by atoms with E-state index in [9.17, 15) is 14.4 Å². The van der Waals surface area contributed by atoms with Crippen LogP contribution in [0, 0.1) is 0 Å². The van der Waals surface area contributed by atoms with Crippen molar-refractivity contribution in [3.05, 3.63) is 20.9 Å². The summed E-state index contributed by atoms with van der Waals surface area (Å²) in [4.78, 5) is 42.7. The molecule has 0 aromatic carbocycles. The van der Waals surface area contributed by atoms with E-state index in [1.807, 2.05) is 20.8 Å². The lowest BCUT2D eigenvalue weighted by molar-refractivity contribution is -0.155. The van der Waals surface area contributed by atoms with E-state index < -0.39 is 5.60 Å². The number of carbonyl (C=O) groups excluding carboxylic acids is 3. The minimum absolute atomic E-state index is 0.0504. The van der Waals surface area contributed by atoms with Crippen LogP contribution < -0.4 is 10.6 Å². The van der Waals surface area contributed by atoms with Gasteiger partial charge >= 0.3 is 5.97 Å². The van der Waals surface area contributed by atoms with E-state index in [0.29, 0.717) is 52.4 Å². The number of carbonyl (C=O) groups is 3. The number of hydrogen-bond donors (Lipinski definition) is 2. The molecule has 2 N–H and O–H groups in total. The predicted molar refractivity (Wildman–Crippen MR) is 138 cm³/mol. The first-order chi connectivity index (χ1) is 18.2. The lowest BCUT2D eigenvalue weighted by Crippen LogP contribution is -2.45. The Balaban J connectivity index is 4.06. The summed E-state index contributed by atoms with van der Waals surface area (Å²) in [6.07, 6.45) is 0.879. The summed E-state index contributed by atoms with van der Waals surface area (Å²) in [5, 5.41) is 11.9. The second-order valence-corrected chi connectivity index (χ2v) is 8.85. The van der Waals surface area contributed by atoms with Crippen LogP contribution in [0.1, 0.15) is 33.6 Å². The highest BCUT2D eigenvalue weighted by Gasteiger charge is 2.16. The monoisotopic (exact) mass is 543 g/mol. The van der Waals surface area contributed by atoms with Gasteiger partial charge in [-0.2, -0.15) is 0 Å². The Hall–Kier alpha value is -3.13. The summed E-state index contributed by atoms with van der Waals surface area (Å²) in [5.41, 5.74) is 16.1. The molecule has 0 rings (SSSR count). The maximum absolute atomic E-state index is 12.1. The van der Waals surface area contributed by atoms with E-state index in [-0.39, 0.29) is 63.7 Å². The van der Waals surface area contributed by atoms with Gasteiger partial charge in [0.25, 0.3) is 0 Å². The molecule has 0 saturated heterocycles. The molecule has 0 atom stereocenters. The van der Waals surface area contributed by atoms with Gasteiger partial charge in [-0.15, -0.1) is 0 Å². The van der Waals surface area contributed by atoms with E-state index >= 15 is 0 Å².